The van der Waals surface area contributed by atoms with Crippen LogP contribution in [0.5, 0.6) is 11.5 Å². The highest BCUT2D eigenvalue weighted by molar-refractivity contribution is 6.33. The van der Waals surface area contributed by atoms with E-state index < -0.39 is 5.97 Å². The summed E-state index contributed by atoms with van der Waals surface area (Å²) in [6.07, 6.45) is 3.24. The third-order valence-electron chi connectivity index (χ3n) is 3.59. The number of carboxylic acid groups (broad SMARTS) is 1. The molecule has 0 saturated heterocycles. The quantitative estimate of drug-likeness (QED) is 0.843. The summed E-state index contributed by atoms with van der Waals surface area (Å²) in [6.45, 7) is 0. The zero-order chi connectivity index (χ0) is 15.0. The van der Waals surface area contributed by atoms with Crippen LogP contribution in [0.4, 0.5) is 5.69 Å². The summed E-state index contributed by atoms with van der Waals surface area (Å²) >= 11 is 6.08. The van der Waals surface area contributed by atoms with E-state index in [9.17, 15) is 9.90 Å². The number of rotatable bonds is 3. The van der Waals surface area contributed by atoms with Crippen LogP contribution in [0, 0.1) is 0 Å². The van der Waals surface area contributed by atoms with Crippen LogP contribution in [0.15, 0.2) is 30.3 Å². The number of fused-ring (bicyclic) bond motifs is 1. The molecular weight excluding hydrogens is 290 g/mol. The first-order valence-corrected chi connectivity index (χ1v) is 7.04. The van der Waals surface area contributed by atoms with Gasteiger partial charge in [0.15, 0.2) is 5.75 Å². The zero-order valence-electron chi connectivity index (χ0n) is 11.2. The molecule has 3 rings (SSSR count). The van der Waals surface area contributed by atoms with Gasteiger partial charge in [0.25, 0.3) is 0 Å². The SMILES string of the molecule is Nc1cc(Cl)c(Oc2ccc3c(c2)CCC3)c(C(=O)O)c1. The fourth-order valence-corrected chi connectivity index (χ4v) is 2.87. The summed E-state index contributed by atoms with van der Waals surface area (Å²) in [7, 11) is 0. The second kappa shape index (κ2) is 5.30. The van der Waals surface area contributed by atoms with Crippen LogP contribution in [-0.4, -0.2) is 11.1 Å². The monoisotopic (exact) mass is 303 g/mol. The van der Waals surface area contributed by atoms with Crippen LogP contribution in [0.3, 0.4) is 0 Å². The van der Waals surface area contributed by atoms with Gasteiger partial charge in [-0.3, -0.25) is 0 Å². The minimum atomic E-state index is -1.12. The van der Waals surface area contributed by atoms with Gasteiger partial charge in [-0.25, -0.2) is 4.79 Å². The lowest BCUT2D eigenvalue weighted by atomic mass is 10.1. The minimum absolute atomic E-state index is 0.0412. The second-order valence-corrected chi connectivity index (χ2v) is 5.48. The van der Waals surface area contributed by atoms with Crippen molar-refractivity contribution in [1.82, 2.24) is 0 Å². The van der Waals surface area contributed by atoms with E-state index in [1.807, 2.05) is 18.2 Å². The van der Waals surface area contributed by atoms with Crippen LogP contribution < -0.4 is 10.5 Å². The Morgan fingerprint density at radius 1 is 1.19 bits per heavy atom. The number of benzene rings is 2. The lowest BCUT2D eigenvalue weighted by Crippen LogP contribution is -2.02. The highest BCUT2D eigenvalue weighted by Crippen LogP contribution is 2.36. The standard InChI is InChI=1S/C16H14ClNO3/c17-14-8-11(18)7-13(16(19)20)15(14)21-12-5-4-9-2-1-3-10(9)6-12/h4-8H,1-3,18H2,(H,19,20). The molecule has 108 valence electrons. The van der Waals surface area contributed by atoms with Crippen LogP contribution in [0.25, 0.3) is 0 Å². The van der Waals surface area contributed by atoms with Crippen molar-refractivity contribution < 1.29 is 14.6 Å². The molecule has 0 atom stereocenters. The molecule has 21 heavy (non-hydrogen) atoms. The first kappa shape index (κ1) is 13.8. The lowest BCUT2D eigenvalue weighted by molar-refractivity contribution is 0.0694. The first-order chi connectivity index (χ1) is 10.0. The topological polar surface area (TPSA) is 72.5 Å². The van der Waals surface area contributed by atoms with E-state index in [1.54, 1.807) is 0 Å². The van der Waals surface area contributed by atoms with Gasteiger partial charge in [-0.1, -0.05) is 17.7 Å². The number of ether oxygens (including phenoxy) is 1. The largest absolute Gasteiger partial charge is 0.478 e. The Morgan fingerprint density at radius 2 is 1.95 bits per heavy atom. The minimum Gasteiger partial charge on any atom is -0.478 e. The number of nitrogen functional groups attached to an aromatic ring is 1. The van der Waals surface area contributed by atoms with Crippen molar-refractivity contribution in [3.63, 3.8) is 0 Å². The fourth-order valence-electron chi connectivity index (χ4n) is 2.61. The fraction of sp³-hybridized carbons (Fsp3) is 0.188. The molecule has 2 aromatic rings. The van der Waals surface area contributed by atoms with Crippen LogP contribution in [0.2, 0.25) is 5.02 Å². The highest BCUT2D eigenvalue weighted by atomic mass is 35.5. The Kier molecular flexibility index (Phi) is 3.47. The van der Waals surface area contributed by atoms with E-state index >= 15 is 0 Å². The molecule has 0 radical (unpaired) electrons. The maximum absolute atomic E-state index is 11.3. The number of carbonyl (C=O) groups is 1. The molecule has 5 heteroatoms. The summed E-state index contributed by atoms with van der Waals surface area (Å²) in [4.78, 5) is 11.3. The molecule has 0 heterocycles. The Morgan fingerprint density at radius 3 is 2.71 bits per heavy atom. The molecule has 0 saturated carbocycles. The molecule has 0 aromatic heterocycles. The average Bonchev–Trinajstić information content (AvgIpc) is 2.88. The van der Waals surface area contributed by atoms with Crippen molar-refractivity contribution in [3.8, 4) is 11.5 Å². The van der Waals surface area contributed by atoms with Crippen molar-refractivity contribution in [2.24, 2.45) is 0 Å². The van der Waals surface area contributed by atoms with Gasteiger partial charge in [0.2, 0.25) is 0 Å². The van der Waals surface area contributed by atoms with Gasteiger partial charge in [-0.15, -0.1) is 0 Å². The van der Waals surface area contributed by atoms with Crippen molar-refractivity contribution in [1.29, 1.82) is 0 Å². The van der Waals surface area contributed by atoms with E-state index in [-0.39, 0.29) is 16.3 Å². The third kappa shape index (κ3) is 2.67. The number of hydrogen-bond acceptors (Lipinski definition) is 3. The number of halogens is 1. The van der Waals surface area contributed by atoms with Gasteiger partial charge in [0.05, 0.1) is 5.02 Å². The number of carboxylic acids is 1. The number of aryl methyl sites for hydroxylation is 2. The molecule has 3 N–H and O–H groups in total. The van der Waals surface area contributed by atoms with E-state index in [4.69, 9.17) is 22.1 Å². The Hall–Kier alpha value is -2.20. The molecular formula is C16H14ClNO3. The van der Waals surface area contributed by atoms with Crippen LogP contribution in [-0.2, 0) is 12.8 Å². The van der Waals surface area contributed by atoms with E-state index in [1.165, 1.54) is 23.3 Å². The molecule has 1 aliphatic rings. The van der Waals surface area contributed by atoms with Crippen LogP contribution >= 0.6 is 11.6 Å². The Labute approximate surface area is 127 Å². The third-order valence-corrected chi connectivity index (χ3v) is 3.87. The van der Waals surface area contributed by atoms with E-state index in [0.717, 1.165) is 19.3 Å². The molecule has 4 nitrogen and oxygen atoms in total. The van der Waals surface area contributed by atoms with E-state index in [2.05, 4.69) is 0 Å². The molecule has 1 aliphatic carbocycles. The van der Waals surface area contributed by atoms with E-state index in [0.29, 0.717) is 11.4 Å². The van der Waals surface area contributed by atoms with Gasteiger partial charge in [0.1, 0.15) is 11.3 Å². The van der Waals surface area contributed by atoms with Crippen LogP contribution in [0.1, 0.15) is 27.9 Å². The summed E-state index contributed by atoms with van der Waals surface area (Å²) in [5, 5.41) is 9.44. The van der Waals surface area contributed by atoms with Crippen molar-refractivity contribution >= 4 is 23.3 Å². The van der Waals surface area contributed by atoms with Gasteiger partial charge in [-0.2, -0.15) is 0 Å². The molecule has 0 unspecified atom stereocenters. The highest BCUT2D eigenvalue weighted by Gasteiger charge is 2.18. The summed E-state index contributed by atoms with van der Waals surface area (Å²) in [5.74, 6) is -0.415. The normalized spacial score (nSPS) is 13.0. The number of hydrogen-bond donors (Lipinski definition) is 2. The van der Waals surface area contributed by atoms with Gasteiger partial charge < -0.3 is 15.6 Å². The van der Waals surface area contributed by atoms with Crippen molar-refractivity contribution in [2.75, 3.05) is 5.73 Å². The smallest absolute Gasteiger partial charge is 0.339 e. The number of nitrogens with two attached hydrogens (primary N) is 1. The van der Waals surface area contributed by atoms with Gasteiger partial charge in [0, 0.05) is 5.69 Å². The maximum Gasteiger partial charge on any atom is 0.339 e. The Bertz CT molecular complexity index is 728. The predicted molar refractivity (Wildman–Crippen MR) is 81.4 cm³/mol. The Balaban J connectivity index is 2.00. The van der Waals surface area contributed by atoms with Gasteiger partial charge in [-0.05, 0) is 54.7 Å². The molecule has 0 amide bonds. The zero-order valence-corrected chi connectivity index (χ0v) is 12.0. The predicted octanol–water partition coefficient (Wildman–Crippen LogP) is 3.90. The summed E-state index contributed by atoms with van der Waals surface area (Å²) in [5.41, 5.74) is 8.45. The number of anilines is 1. The first-order valence-electron chi connectivity index (χ1n) is 6.66. The molecule has 2 aromatic carbocycles. The summed E-state index contributed by atoms with van der Waals surface area (Å²) < 4.78 is 5.71. The molecule has 0 spiro atoms. The summed E-state index contributed by atoms with van der Waals surface area (Å²) in [6, 6.07) is 8.63. The average molecular weight is 304 g/mol. The van der Waals surface area contributed by atoms with Crippen molar-refractivity contribution in [2.45, 2.75) is 19.3 Å². The number of aromatic carboxylic acids is 1. The van der Waals surface area contributed by atoms with Gasteiger partial charge >= 0.3 is 5.97 Å². The molecule has 0 aliphatic heterocycles. The molecule has 0 fully saturated rings. The van der Waals surface area contributed by atoms with Crippen molar-refractivity contribution in [3.05, 3.63) is 52.0 Å². The second-order valence-electron chi connectivity index (χ2n) is 5.07. The molecule has 0 bridgehead atoms. The lowest BCUT2D eigenvalue weighted by Gasteiger charge is -2.12. The maximum atomic E-state index is 11.3.